The molecule has 0 saturated heterocycles. The van der Waals surface area contributed by atoms with Crippen LogP contribution in [-0.2, 0) is 60.7 Å². The molecule has 11 saturated carbocycles. The van der Waals surface area contributed by atoms with Gasteiger partial charge in [0.05, 0.1) is 55.4 Å². The highest BCUT2D eigenvalue weighted by Gasteiger charge is 2.63. The Balaban J connectivity index is 0.000000128. The van der Waals surface area contributed by atoms with Crippen molar-refractivity contribution in [2.75, 3.05) is 0 Å². The molecule has 408 valence electrons. The highest BCUT2D eigenvalue weighted by Crippen LogP contribution is 2.68. The van der Waals surface area contributed by atoms with E-state index in [1.807, 2.05) is 6.92 Å². The molecule has 0 heterocycles. The molecule has 72 heavy (non-hydrogen) atoms. The van der Waals surface area contributed by atoms with E-state index in [1.165, 1.54) is 74.9 Å². The van der Waals surface area contributed by atoms with Gasteiger partial charge in [0, 0.05) is 5.25 Å². The van der Waals surface area contributed by atoms with E-state index >= 15 is 0 Å². The summed E-state index contributed by atoms with van der Waals surface area (Å²) in [5.74, 6) is 6.16. The molecule has 0 aliphatic heterocycles. The largest absolute Gasteiger partial charge is 0.748 e. The third-order valence-electron chi connectivity index (χ3n) is 17.9. The van der Waals surface area contributed by atoms with Crippen LogP contribution < -0.4 is 0 Å². The van der Waals surface area contributed by atoms with Gasteiger partial charge in [-0.15, -0.1) is 0 Å². The van der Waals surface area contributed by atoms with E-state index < -0.39 is 81.2 Å². The Hall–Kier alpha value is -2.10. The summed E-state index contributed by atoms with van der Waals surface area (Å²) in [6.45, 7) is 1.82. The first-order chi connectivity index (χ1) is 33.3. The first-order valence-corrected chi connectivity index (χ1v) is 33.8. The summed E-state index contributed by atoms with van der Waals surface area (Å²) in [5.41, 5.74) is 0.928. The maximum atomic E-state index is 11.3. The molecule has 11 aliphatic rings. The lowest BCUT2D eigenvalue weighted by Crippen LogP contribution is -2.54. The molecule has 10 bridgehead atoms. The molecule has 0 radical (unpaired) electrons. The fourth-order valence-electron chi connectivity index (χ4n) is 15.4. The van der Waals surface area contributed by atoms with Gasteiger partial charge in [0.15, 0.2) is 0 Å². The number of aryl methyl sites for hydroxylation is 1. The summed E-state index contributed by atoms with van der Waals surface area (Å²) in [6.07, 6.45) is 18.9. The molecule has 0 amide bonds. The fraction of sp³-hybridized carbons (Fsp3) is 0.750. The summed E-state index contributed by atoms with van der Waals surface area (Å²) < 4.78 is 192. The summed E-state index contributed by atoms with van der Waals surface area (Å²) in [5, 5.41) is -1.65. The summed E-state index contributed by atoms with van der Waals surface area (Å²) >= 11 is 0. The zero-order valence-corrected chi connectivity index (χ0v) is 45.1. The van der Waals surface area contributed by atoms with Crippen LogP contribution in [0.1, 0.15) is 134 Å². The van der Waals surface area contributed by atoms with Gasteiger partial charge in [-0.2, -0.15) is 0 Å². The third kappa shape index (κ3) is 13.9. The van der Waals surface area contributed by atoms with Crippen LogP contribution in [0.4, 0.5) is 0 Å². The molecule has 2 aromatic carbocycles. The predicted molar refractivity (Wildman–Crippen MR) is 257 cm³/mol. The average Bonchev–Trinajstić information content (AvgIpc) is 4.16. The molecule has 10 atom stereocenters. The van der Waals surface area contributed by atoms with E-state index in [0.717, 1.165) is 68.3 Å². The fourth-order valence-corrected chi connectivity index (χ4v) is 21.0. The second kappa shape index (κ2) is 22.1. The lowest BCUT2D eigenvalue weighted by molar-refractivity contribution is 0.0299. The molecule has 11 aliphatic carbocycles. The van der Waals surface area contributed by atoms with Crippen LogP contribution in [0.3, 0.4) is 0 Å². The van der Waals surface area contributed by atoms with Crippen molar-refractivity contribution in [2.24, 2.45) is 65.1 Å². The Kier molecular flexibility index (Phi) is 17.7. The monoisotopic (exact) mass is 1120 g/mol. The molecule has 11 fully saturated rings. The normalized spacial score (nSPS) is 36.0. The van der Waals surface area contributed by atoms with Gasteiger partial charge in [-0.25, -0.2) is 50.5 Å². The molecule has 2 aromatic rings. The van der Waals surface area contributed by atoms with Crippen molar-refractivity contribution in [3.63, 3.8) is 0 Å². The smallest absolute Gasteiger partial charge is 0.124 e. The van der Waals surface area contributed by atoms with Crippen LogP contribution in [0.5, 0.6) is 0 Å². The molecule has 0 aromatic heterocycles. The number of benzene rings is 2. The number of hydrogen-bond donors (Lipinski definition) is 0. The van der Waals surface area contributed by atoms with Gasteiger partial charge in [-0.1, -0.05) is 61.6 Å². The maximum absolute atomic E-state index is 11.3. The van der Waals surface area contributed by atoms with Gasteiger partial charge in [0.2, 0.25) is 0 Å². The van der Waals surface area contributed by atoms with E-state index in [-0.39, 0.29) is 21.6 Å². The zero-order chi connectivity index (χ0) is 52.8. The van der Waals surface area contributed by atoms with Gasteiger partial charge < -0.3 is 27.3 Å². The zero-order valence-electron chi connectivity index (χ0n) is 40.2. The van der Waals surface area contributed by atoms with Crippen LogP contribution >= 0.6 is 0 Å². The van der Waals surface area contributed by atoms with Gasteiger partial charge in [0.1, 0.15) is 30.4 Å². The minimum absolute atomic E-state index is 0.178. The van der Waals surface area contributed by atoms with Crippen LogP contribution in [-0.4, -0.2) is 98.3 Å². The van der Waals surface area contributed by atoms with Crippen molar-refractivity contribution in [2.45, 2.75) is 166 Å². The molecular weight excluding hydrogens is 1060 g/mol. The van der Waals surface area contributed by atoms with Crippen LogP contribution in [0.15, 0.2) is 64.4 Å². The molecule has 24 heteroatoms. The predicted octanol–water partition coefficient (Wildman–Crippen LogP) is 6.18. The molecule has 13 rings (SSSR count). The Bertz CT molecular complexity index is 2850. The van der Waals surface area contributed by atoms with Crippen molar-refractivity contribution >= 4 is 60.7 Å². The van der Waals surface area contributed by atoms with E-state index in [1.54, 1.807) is 18.2 Å². The molecule has 0 spiro atoms. The molecule has 10 unspecified atom stereocenters. The topological polar surface area (TPSA) is 343 Å². The van der Waals surface area contributed by atoms with Crippen molar-refractivity contribution in [1.82, 2.24) is 0 Å². The van der Waals surface area contributed by atoms with Crippen LogP contribution in [0, 0.1) is 72.0 Å². The van der Waals surface area contributed by atoms with Gasteiger partial charge >= 0.3 is 0 Å². The number of fused-ring (bicyclic) bond motifs is 11. The second-order valence-corrected chi connectivity index (χ2v) is 31.8. The highest BCUT2D eigenvalue weighted by molar-refractivity contribution is 7.87. The van der Waals surface area contributed by atoms with E-state index in [4.69, 9.17) is 0 Å². The Morgan fingerprint density at radius 2 is 0.903 bits per heavy atom. The van der Waals surface area contributed by atoms with Crippen molar-refractivity contribution < 1.29 is 77.8 Å². The first-order valence-electron chi connectivity index (χ1n) is 25.2. The van der Waals surface area contributed by atoms with Crippen molar-refractivity contribution in [3.8, 4) is 0 Å². The van der Waals surface area contributed by atoms with Crippen LogP contribution in [0.25, 0.3) is 0 Å². The highest BCUT2D eigenvalue weighted by atomic mass is 32.2. The van der Waals surface area contributed by atoms with E-state index in [9.17, 15) is 77.8 Å². The summed E-state index contributed by atoms with van der Waals surface area (Å²) in [6, 6.07) is 13.0. The second-order valence-electron chi connectivity index (χ2n) is 22.5. The lowest BCUT2D eigenvalue weighted by Gasteiger charge is -2.57. The standard InChI is InChI=1S/C12H18O3S.C10H16O3S.C7H12O3S.C7H8O3S.C6H12O3S.C6H6O3S/c13-16(14,15)10-5-8-4-9(10)12-7-2-1-6(3-7)11(8)12;11-14(12,13)10-4-7-1-8(5-10)3-9(2-7)6-10;8-11(9,10)7-4-5-1-2-6(7)3-5;1-6-2-4-7(5-3-6)11(8,9)10;2*7-10(8,9)6-4-2-1-3-5-6/h6-12H,1-5H2,(H,13,14,15);7-9H,1-6H2,(H,11,12,13);5-7H,1-4H2,(H,8,9,10);2-5H,1H3,(H,8,9,10);6H,1-5H2,(H,7,8,9);1-5H,(H,7,8,9)/p-6. The number of rotatable bonds is 6. The maximum Gasteiger partial charge on any atom is 0.124 e. The Labute approximate surface area is 426 Å². The van der Waals surface area contributed by atoms with E-state index in [0.29, 0.717) is 80.5 Å². The average molecular weight is 1120 g/mol. The summed E-state index contributed by atoms with van der Waals surface area (Å²) in [7, 11) is -24.6. The minimum Gasteiger partial charge on any atom is -0.748 e. The van der Waals surface area contributed by atoms with Crippen molar-refractivity contribution in [3.05, 3.63) is 60.2 Å². The van der Waals surface area contributed by atoms with Crippen LogP contribution in [0.2, 0.25) is 0 Å². The van der Waals surface area contributed by atoms with Gasteiger partial charge in [0.25, 0.3) is 0 Å². The molecule has 0 N–H and O–H groups in total. The summed E-state index contributed by atoms with van der Waals surface area (Å²) in [4.78, 5) is -0.363. The van der Waals surface area contributed by atoms with E-state index in [2.05, 4.69) is 0 Å². The Morgan fingerprint density at radius 3 is 1.29 bits per heavy atom. The van der Waals surface area contributed by atoms with Crippen molar-refractivity contribution in [1.29, 1.82) is 0 Å². The first kappa shape index (κ1) is 57.6. The molecular formula is C48H66O18S6-6. The lowest BCUT2D eigenvalue weighted by atomic mass is 9.56. The number of hydrogen-bond acceptors (Lipinski definition) is 18. The van der Waals surface area contributed by atoms with Gasteiger partial charge in [-0.05, 0) is 199 Å². The molecule has 18 nitrogen and oxygen atoms in total. The van der Waals surface area contributed by atoms with Gasteiger partial charge in [-0.3, -0.25) is 0 Å². The minimum atomic E-state index is -4.27. The quantitative estimate of drug-likeness (QED) is 0.230. The Morgan fingerprint density at radius 1 is 0.417 bits per heavy atom. The third-order valence-corrected chi connectivity index (χ3v) is 25.1. The SMILES string of the molecule is Cc1ccc(S(=O)(=O)[O-])cc1.O=S(=O)([O-])C12CC3CC(CC(C3)C1)C2.O=S(=O)([O-])C1CC2CC1C1C3CCC(C3)C21.O=S(=O)([O-])C1CC2CCC1C2.O=S(=O)([O-])C1CCCCC1.O=S(=O)([O-])c1ccccc1.